The molecule has 0 aliphatic rings. The number of aromatic nitrogens is 1. The Hall–Kier alpha value is -2.05. The highest BCUT2D eigenvalue weighted by atomic mass is 32.2. The molecule has 1 atom stereocenters. The molecule has 3 rings (SSSR count). The van der Waals surface area contributed by atoms with Gasteiger partial charge >= 0.3 is 4.87 Å². The zero-order valence-corrected chi connectivity index (χ0v) is 16.7. The normalized spacial score (nSPS) is 12.5. The van der Waals surface area contributed by atoms with Crippen molar-refractivity contribution in [1.82, 2.24) is 4.57 Å². The molecule has 2 aromatic carbocycles. The van der Waals surface area contributed by atoms with E-state index in [2.05, 4.69) is 17.4 Å². The Balaban J connectivity index is 1.68. The minimum absolute atomic E-state index is 0.0269. The summed E-state index contributed by atoms with van der Waals surface area (Å²) in [5.41, 5.74) is 2.85. The molecule has 3 aromatic rings. The minimum atomic E-state index is -0.162. The molecule has 1 heterocycles. The highest BCUT2D eigenvalue weighted by Gasteiger charge is 2.15. The molecule has 26 heavy (non-hydrogen) atoms. The average Bonchev–Trinajstić information content (AvgIpc) is 2.95. The van der Waals surface area contributed by atoms with Crippen LogP contribution in [0.3, 0.4) is 0 Å². The SMILES string of the molecule is CC(C)n1c(=O)sc2cc(NC(=O)[C@@H](C)SCc3ccccc3)ccc21. The molecule has 0 aliphatic carbocycles. The molecule has 0 radical (unpaired) electrons. The van der Waals surface area contributed by atoms with Gasteiger partial charge in [-0.3, -0.25) is 14.2 Å². The molecule has 0 saturated heterocycles. The van der Waals surface area contributed by atoms with Gasteiger partial charge in [0, 0.05) is 17.5 Å². The van der Waals surface area contributed by atoms with E-state index in [4.69, 9.17) is 0 Å². The van der Waals surface area contributed by atoms with Crippen LogP contribution in [0.2, 0.25) is 0 Å². The lowest BCUT2D eigenvalue weighted by Gasteiger charge is -2.12. The van der Waals surface area contributed by atoms with Gasteiger partial charge in [-0.2, -0.15) is 0 Å². The molecule has 0 fully saturated rings. The lowest BCUT2D eigenvalue weighted by Crippen LogP contribution is -2.22. The van der Waals surface area contributed by atoms with Gasteiger partial charge in [-0.15, -0.1) is 11.8 Å². The number of rotatable bonds is 6. The van der Waals surface area contributed by atoms with Crippen molar-refractivity contribution >= 4 is 44.9 Å². The standard InChI is InChI=1S/C20H22N2O2S2/c1-13(2)22-17-10-9-16(11-18(17)26-20(22)24)21-19(23)14(3)25-12-15-7-5-4-6-8-15/h4-11,13-14H,12H2,1-3H3,(H,21,23)/t14-/m1/s1. The molecule has 6 heteroatoms. The maximum atomic E-state index is 12.5. The summed E-state index contributed by atoms with van der Waals surface area (Å²) in [6, 6.07) is 15.9. The zero-order chi connectivity index (χ0) is 18.7. The van der Waals surface area contributed by atoms with Crippen molar-refractivity contribution in [1.29, 1.82) is 0 Å². The van der Waals surface area contributed by atoms with Gasteiger partial charge in [0.25, 0.3) is 0 Å². The van der Waals surface area contributed by atoms with Crippen molar-refractivity contribution in [3.8, 4) is 0 Å². The highest BCUT2D eigenvalue weighted by Crippen LogP contribution is 2.25. The average molecular weight is 387 g/mol. The summed E-state index contributed by atoms with van der Waals surface area (Å²) in [6.07, 6.45) is 0. The molecule has 1 aromatic heterocycles. The van der Waals surface area contributed by atoms with Crippen LogP contribution in [0, 0.1) is 0 Å². The van der Waals surface area contributed by atoms with Crippen molar-refractivity contribution in [2.75, 3.05) is 5.32 Å². The predicted molar refractivity (Wildman–Crippen MR) is 112 cm³/mol. The molecular formula is C20H22N2O2S2. The fraction of sp³-hybridized carbons (Fsp3) is 0.300. The van der Waals surface area contributed by atoms with Gasteiger partial charge in [-0.1, -0.05) is 41.7 Å². The number of anilines is 1. The summed E-state index contributed by atoms with van der Waals surface area (Å²) in [5.74, 6) is 0.772. The van der Waals surface area contributed by atoms with Crippen LogP contribution in [0.25, 0.3) is 10.2 Å². The van der Waals surface area contributed by atoms with E-state index in [1.807, 2.05) is 57.2 Å². The summed E-state index contributed by atoms with van der Waals surface area (Å²) >= 11 is 2.82. The predicted octanol–water partition coefficient (Wildman–Crippen LogP) is 4.90. The number of hydrogen-bond donors (Lipinski definition) is 1. The van der Waals surface area contributed by atoms with Gasteiger partial charge in [0.15, 0.2) is 0 Å². The van der Waals surface area contributed by atoms with Crippen molar-refractivity contribution in [3.63, 3.8) is 0 Å². The van der Waals surface area contributed by atoms with Crippen LogP contribution in [0.1, 0.15) is 32.4 Å². The van der Waals surface area contributed by atoms with Crippen LogP contribution >= 0.6 is 23.1 Å². The quantitative estimate of drug-likeness (QED) is 0.655. The van der Waals surface area contributed by atoms with Crippen molar-refractivity contribution in [2.24, 2.45) is 0 Å². The Kier molecular flexibility index (Phi) is 5.84. The van der Waals surface area contributed by atoms with Crippen molar-refractivity contribution in [3.05, 3.63) is 63.8 Å². The Labute approximate surface area is 161 Å². The van der Waals surface area contributed by atoms with E-state index in [-0.39, 0.29) is 22.1 Å². The molecular weight excluding hydrogens is 364 g/mol. The van der Waals surface area contributed by atoms with Crippen LogP contribution in [-0.2, 0) is 10.5 Å². The molecule has 0 saturated carbocycles. The molecule has 0 aliphatic heterocycles. The van der Waals surface area contributed by atoms with E-state index in [1.54, 1.807) is 16.3 Å². The Morgan fingerprint density at radius 2 is 1.88 bits per heavy atom. The molecule has 1 amide bonds. The second-order valence-corrected chi connectivity index (χ2v) is 8.76. The number of thiazole rings is 1. The third kappa shape index (κ3) is 4.19. The van der Waals surface area contributed by atoms with Crippen LogP contribution in [0.5, 0.6) is 0 Å². The van der Waals surface area contributed by atoms with Crippen LogP contribution in [0.15, 0.2) is 53.3 Å². The van der Waals surface area contributed by atoms with Gasteiger partial charge < -0.3 is 5.32 Å². The number of carbonyl (C=O) groups is 1. The summed E-state index contributed by atoms with van der Waals surface area (Å²) < 4.78 is 2.68. The molecule has 0 bridgehead atoms. The number of nitrogens with one attached hydrogen (secondary N) is 1. The van der Waals surface area contributed by atoms with Gasteiger partial charge in [0.2, 0.25) is 5.91 Å². The lowest BCUT2D eigenvalue weighted by atomic mass is 10.2. The summed E-state index contributed by atoms with van der Waals surface area (Å²) in [6.45, 7) is 5.90. The fourth-order valence-electron chi connectivity index (χ4n) is 2.72. The molecule has 4 nitrogen and oxygen atoms in total. The Morgan fingerprint density at radius 1 is 1.15 bits per heavy atom. The number of carbonyl (C=O) groups excluding carboxylic acids is 1. The third-order valence-electron chi connectivity index (χ3n) is 4.11. The van der Waals surface area contributed by atoms with Crippen molar-refractivity contribution < 1.29 is 4.79 Å². The second kappa shape index (κ2) is 8.10. The smallest absolute Gasteiger partial charge is 0.308 e. The largest absolute Gasteiger partial charge is 0.325 e. The number of hydrogen-bond acceptors (Lipinski definition) is 4. The van der Waals surface area contributed by atoms with Gasteiger partial charge in [-0.05, 0) is 44.5 Å². The topological polar surface area (TPSA) is 51.1 Å². The first-order valence-corrected chi connectivity index (χ1v) is 10.4. The Morgan fingerprint density at radius 3 is 2.58 bits per heavy atom. The lowest BCUT2D eigenvalue weighted by molar-refractivity contribution is -0.115. The van der Waals surface area contributed by atoms with Crippen LogP contribution < -0.4 is 10.2 Å². The van der Waals surface area contributed by atoms with E-state index in [1.165, 1.54) is 16.9 Å². The van der Waals surface area contributed by atoms with Crippen LogP contribution in [0.4, 0.5) is 5.69 Å². The maximum Gasteiger partial charge on any atom is 0.308 e. The molecule has 1 N–H and O–H groups in total. The second-order valence-electron chi connectivity index (χ2n) is 6.44. The first-order valence-electron chi connectivity index (χ1n) is 8.57. The number of amides is 1. The first-order chi connectivity index (χ1) is 12.5. The zero-order valence-electron chi connectivity index (χ0n) is 15.1. The van der Waals surface area contributed by atoms with E-state index < -0.39 is 0 Å². The van der Waals surface area contributed by atoms with Crippen LogP contribution in [-0.4, -0.2) is 15.7 Å². The summed E-state index contributed by atoms with van der Waals surface area (Å²) in [4.78, 5) is 24.6. The third-order valence-corrected chi connectivity index (χ3v) is 6.24. The van der Waals surface area contributed by atoms with Crippen molar-refractivity contribution in [2.45, 2.75) is 37.8 Å². The first kappa shape index (κ1) is 18.7. The number of thioether (sulfide) groups is 1. The number of nitrogens with zero attached hydrogens (tertiary/aromatic N) is 1. The number of fused-ring (bicyclic) bond motifs is 1. The fourth-order valence-corrected chi connectivity index (χ4v) is 4.62. The summed E-state index contributed by atoms with van der Waals surface area (Å²) in [7, 11) is 0. The number of benzene rings is 2. The summed E-state index contributed by atoms with van der Waals surface area (Å²) in [5, 5.41) is 2.80. The molecule has 0 spiro atoms. The van der Waals surface area contributed by atoms with Gasteiger partial charge in [-0.25, -0.2) is 0 Å². The van der Waals surface area contributed by atoms with Gasteiger partial charge in [0.05, 0.1) is 15.5 Å². The monoisotopic (exact) mass is 386 g/mol. The maximum absolute atomic E-state index is 12.5. The molecule has 0 unspecified atom stereocenters. The highest BCUT2D eigenvalue weighted by molar-refractivity contribution is 7.99. The van der Waals surface area contributed by atoms with Gasteiger partial charge in [0.1, 0.15) is 0 Å². The van der Waals surface area contributed by atoms with E-state index in [9.17, 15) is 9.59 Å². The van der Waals surface area contributed by atoms with E-state index in [0.717, 1.165) is 21.7 Å². The molecule has 136 valence electrons. The Bertz CT molecular complexity index is 961. The van der Waals surface area contributed by atoms with E-state index >= 15 is 0 Å². The van der Waals surface area contributed by atoms with E-state index in [0.29, 0.717) is 0 Å². The minimum Gasteiger partial charge on any atom is -0.325 e.